The predicted molar refractivity (Wildman–Crippen MR) is 218 cm³/mol. The summed E-state index contributed by atoms with van der Waals surface area (Å²) in [5, 5.41) is 0. The van der Waals surface area contributed by atoms with Gasteiger partial charge in [-0.15, -0.1) is 0 Å². The molecule has 1 aromatic rings. The van der Waals surface area contributed by atoms with Gasteiger partial charge >= 0.3 is 0 Å². The van der Waals surface area contributed by atoms with E-state index >= 15 is 0 Å². The van der Waals surface area contributed by atoms with Crippen LogP contribution < -0.4 is 17.2 Å². The standard InChI is InChI=1S/C45H82N4O3/c1-6-41(51-31-14-11-27-47)43-39-21-20-38(35(2)17-16-29-49(5)34-36-18-8-7-9-19-36)45(39,4)42(52-32-15-12-28-48)33-40(43)44(3)24-22-37(23-25-44)50-30-13-10-26-46/h7-9,18-19,35,37-43H,6,10-17,20-34,46-48H2,1-5H3/t35-,37-,38-,39+,40+,41-,42+,43?,44+,45?/m1/s1. The lowest BCUT2D eigenvalue weighted by molar-refractivity contribution is -0.192. The number of benzene rings is 1. The zero-order valence-corrected chi connectivity index (χ0v) is 34.4. The van der Waals surface area contributed by atoms with Crippen LogP contribution >= 0.6 is 0 Å². The molecule has 300 valence electrons. The normalized spacial score (nSPS) is 31.9. The highest BCUT2D eigenvalue weighted by molar-refractivity contribution is 5.14. The van der Waals surface area contributed by atoms with Crippen LogP contribution in [-0.2, 0) is 20.8 Å². The van der Waals surface area contributed by atoms with E-state index in [2.05, 4.69) is 70.0 Å². The van der Waals surface area contributed by atoms with Gasteiger partial charge in [-0.1, -0.05) is 58.0 Å². The van der Waals surface area contributed by atoms with Gasteiger partial charge in [-0.25, -0.2) is 0 Å². The molecule has 0 saturated heterocycles. The molecule has 3 saturated carbocycles. The predicted octanol–water partition coefficient (Wildman–Crippen LogP) is 8.57. The molecule has 0 amide bonds. The molecule has 52 heavy (non-hydrogen) atoms. The van der Waals surface area contributed by atoms with Crippen LogP contribution in [0.5, 0.6) is 0 Å². The lowest BCUT2D eigenvalue weighted by Crippen LogP contribution is -2.59. The van der Waals surface area contributed by atoms with Crippen molar-refractivity contribution >= 4 is 0 Å². The quantitative estimate of drug-likeness (QED) is 0.0867. The van der Waals surface area contributed by atoms with Crippen molar-refractivity contribution in [3.05, 3.63) is 35.9 Å². The summed E-state index contributed by atoms with van der Waals surface area (Å²) in [7, 11) is 2.28. The average Bonchev–Trinajstić information content (AvgIpc) is 3.51. The van der Waals surface area contributed by atoms with Gasteiger partial charge in [0.05, 0.1) is 18.3 Å². The van der Waals surface area contributed by atoms with E-state index in [0.29, 0.717) is 35.7 Å². The molecule has 1 aromatic carbocycles. The first kappa shape index (κ1) is 43.7. The van der Waals surface area contributed by atoms with Gasteiger partial charge in [-0.05, 0) is 177 Å². The summed E-state index contributed by atoms with van der Waals surface area (Å²) in [6.45, 7) is 17.1. The lowest BCUT2D eigenvalue weighted by Gasteiger charge is -2.60. The molecule has 0 aliphatic heterocycles. The molecular weight excluding hydrogens is 645 g/mol. The average molecular weight is 727 g/mol. The van der Waals surface area contributed by atoms with E-state index in [1.807, 2.05) is 0 Å². The molecule has 0 radical (unpaired) electrons. The fraction of sp³-hybridized carbons (Fsp3) is 0.867. The topological polar surface area (TPSA) is 109 Å². The van der Waals surface area contributed by atoms with Crippen molar-refractivity contribution in [2.75, 3.05) is 53.0 Å². The Balaban J connectivity index is 1.55. The number of unbranched alkanes of at least 4 members (excludes halogenated alkanes) is 3. The molecule has 0 heterocycles. The van der Waals surface area contributed by atoms with E-state index < -0.39 is 0 Å². The molecule has 3 aliphatic rings. The molecule has 0 bridgehead atoms. The summed E-state index contributed by atoms with van der Waals surface area (Å²) in [5.41, 5.74) is 19.4. The molecule has 7 heteroatoms. The van der Waals surface area contributed by atoms with E-state index in [1.54, 1.807) is 0 Å². The molecule has 3 fully saturated rings. The summed E-state index contributed by atoms with van der Waals surface area (Å²) in [5.74, 6) is 3.09. The maximum absolute atomic E-state index is 7.18. The lowest BCUT2D eigenvalue weighted by atomic mass is 9.48. The SMILES string of the molecule is CC[C@@H](OCCCCN)C1[C@@H]2CC[C@H]([C@H](C)CCCN(C)Cc3ccccc3)C2(C)[C@@H](OCCCCN)C[C@@H]1[C@]1(C)CC[C@H](OCCCCN)CC1. The fourth-order valence-corrected chi connectivity index (χ4v) is 11.3. The van der Waals surface area contributed by atoms with Crippen molar-refractivity contribution in [1.82, 2.24) is 4.90 Å². The maximum atomic E-state index is 7.18. The highest BCUT2D eigenvalue weighted by Gasteiger charge is 2.63. The van der Waals surface area contributed by atoms with Crippen molar-refractivity contribution in [2.45, 2.75) is 155 Å². The van der Waals surface area contributed by atoms with Crippen LogP contribution in [0.4, 0.5) is 0 Å². The van der Waals surface area contributed by atoms with Crippen molar-refractivity contribution < 1.29 is 14.2 Å². The van der Waals surface area contributed by atoms with E-state index in [1.165, 1.54) is 56.9 Å². The molecule has 3 aliphatic carbocycles. The molecule has 0 aromatic heterocycles. The zero-order chi connectivity index (χ0) is 37.4. The minimum atomic E-state index is 0.146. The number of hydrogen-bond donors (Lipinski definition) is 3. The van der Waals surface area contributed by atoms with Crippen LogP contribution in [0.3, 0.4) is 0 Å². The van der Waals surface area contributed by atoms with E-state index in [9.17, 15) is 0 Å². The van der Waals surface area contributed by atoms with Gasteiger partial charge in [0.25, 0.3) is 0 Å². The van der Waals surface area contributed by atoms with Crippen molar-refractivity contribution in [1.29, 1.82) is 0 Å². The second kappa shape index (κ2) is 22.5. The molecule has 4 rings (SSSR count). The van der Waals surface area contributed by atoms with Crippen LogP contribution in [0.25, 0.3) is 0 Å². The zero-order valence-electron chi connectivity index (χ0n) is 34.4. The summed E-state index contributed by atoms with van der Waals surface area (Å²) < 4.78 is 20.6. The van der Waals surface area contributed by atoms with E-state index in [0.717, 1.165) is 104 Å². The first-order valence-corrected chi connectivity index (χ1v) is 21.9. The molecule has 8 atom stereocenters. The first-order valence-electron chi connectivity index (χ1n) is 21.9. The van der Waals surface area contributed by atoms with Crippen LogP contribution in [-0.4, -0.2) is 76.3 Å². The number of nitrogens with two attached hydrogens (primary N) is 3. The third-order valence-electron chi connectivity index (χ3n) is 14.3. The Bertz CT molecular complexity index is 1080. The minimum absolute atomic E-state index is 0.146. The molecule has 2 unspecified atom stereocenters. The third kappa shape index (κ3) is 11.7. The van der Waals surface area contributed by atoms with Gasteiger partial charge in [0.15, 0.2) is 0 Å². The number of hydrogen-bond acceptors (Lipinski definition) is 7. The fourth-order valence-electron chi connectivity index (χ4n) is 11.3. The van der Waals surface area contributed by atoms with Gasteiger partial charge in [0.2, 0.25) is 0 Å². The Labute approximate surface area is 320 Å². The van der Waals surface area contributed by atoms with Crippen LogP contribution in [0, 0.1) is 40.4 Å². The number of nitrogens with zero attached hydrogens (tertiary/aromatic N) is 1. The van der Waals surface area contributed by atoms with Crippen LogP contribution in [0.2, 0.25) is 0 Å². The summed E-state index contributed by atoms with van der Waals surface area (Å²) in [4.78, 5) is 2.50. The van der Waals surface area contributed by atoms with Crippen molar-refractivity contribution in [3.63, 3.8) is 0 Å². The Morgan fingerprint density at radius 2 is 1.42 bits per heavy atom. The van der Waals surface area contributed by atoms with Crippen molar-refractivity contribution in [3.8, 4) is 0 Å². The van der Waals surface area contributed by atoms with Gasteiger partial charge in [0, 0.05) is 31.8 Å². The summed E-state index contributed by atoms with van der Waals surface area (Å²) in [6, 6.07) is 10.9. The third-order valence-corrected chi connectivity index (χ3v) is 14.3. The Morgan fingerprint density at radius 3 is 2.06 bits per heavy atom. The largest absolute Gasteiger partial charge is 0.378 e. The monoisotopic (exact) mass is 727 g/mol. The highest BCUT2D eigenvalue weighted by Crippen LogP contribution is 2.66. The van der Waals surface area contributed by atoms with Gasteiger partial charge in [-0.3, -0.25) is 0 Å². The van der Waals surface area contributed by atoms with Crippen molar-refractivity contribution in [2.24, 2.45) is 57.6 Å². The van der Waals surface area contributed by atoms with Gasteiger partial charge < -0.3 is 36.3 Å². The molecule has 6 N–H and O–H groups in total. The second-order valence-electron chi connectivity index (χ2n) is 17.8. The number of ether oxygens (including phenoxy) is 3. The second-order valence-corrected chi connectivity index (χ2v) is 17.8. The van der Waals surface area contributed by atoms with Crippen LogP contribution in [0.1, 0.15) is 136 Å². The minimum Gasteiger partial charge on any atom is -0.378 e. The van der Waals surface area contributed by atoms with E-state index in [4.69, 9.17) is 31.4 Å². The van der Waals surface area contributed by atoms with Gasteiger partial charge in [0.1, 0.15) is 0 Å². The first-order chi connectivity index (χ1) is 25.2. The number of fused-ring (bicyclic) bond motifs is 1. The smallest absolute Gasteiger partial charge is 0.0637 e. The summed E-state index contributed by atoms with van der Waals surface area (Å²) in [6.07, 6.45) is 19.4. The Kier molecular flexibility index (Phi) is 18.9. The molecule has 7 nitrogen and oxygen atoms in total. The number of rotatable bonds is 25. The molecular formula is C45H82N4O3. The maximum Gasteiger partial charge on any atom is 0.0637 e. The Morgan fingerprint density at radius 1 is 0.788 bits per heavy atom. The van der Waals surface area contributed by atoms with Crippen LogP contribution in [0.15, 0.2) is 30.3 Å². The Hall–Kier alpha value is -1.06. The van der Waals surface area contributed by atoms with E-state index in [-0.39, 0.29) is 23.0 Å². The summed E-state index contributed by atoms with van der Waals surface area (Å²) >= 11 is 0. The highest BCUT2D eigenvalue weighted by atomic mass is 16.5. The molecule has 0 spiro atoms. The van der Waals surface area contributed by atoms with Gasteiger partial charge in [-0.2, -0.15) is 0 Å².